The van der Waals surface area contributed by atoms with Gasteiger partial charge in [-0.1, -0.05) is 44.2 Å². The molecule has 4 atom stereocenters. The molecule has 0 spiro atoms. The van der Waals surface area contributed by atoms with Crippen LogP contribution < -0.4 is 27.4 Å². The molecule has 4 unspecified atom stereocenters. The van der Waals surface area contributed by atoms with Crippen LogP contribution in [0.5, 0.6) is 0 Å². The van der Waals surface area contributed by atoms with Crippen LogP contribution in [0.4, 0.5) is 0 Å². The van der Waals surface area contributed by atoms with Crippen molar-refractivity contribution in [3.8, 4) is 0 Å². The predicted molar refractivity (Wildman–Crippen MR) is 136 cm³/mol. The second-order valence-electron chi connectivity index (χ2n) is 9.38. The highest BCUT2D eigenvalue weighted by Crippen LogP contribution is 2.09. The van der Waals surface area contributed by atoms with Crippen LogP contribution in [0.1, 0.15) is 51.5 Å². The maximum atomic E-state index is 13.3. The number of carboxylic acids is 2. The first-order valence-corrected chi connectivity index (χ1v) is 12.2. The summed E-state index contributed by atoms with van der Waals surface area (Å²) in [5, 5.41) is 25.7. The van der Waals surface area contributed by atoms with E-state index >= 15 is 0 Å². The molecule has 210 valence electrons. The van der Waals surface area contributed by atoms with Gasteiger partial charge in [0.1, 0.15) is 18.1 Å². The van der Waals surface area contributed by atoms with E-state index in [4.69, 9.17) is 16.6 Å². The minimum atomic E-state index is -1.32. The van der Waals surface area contributed by atoms with Gasteiger partial charge in [-0.3, -0.25) is 24.0 Å². The van der Waals surface area contributed by atoms with Crippen LogP contribution in [0.2, 0.25) is 0 Å². The lowest BCUT2D eigenvalue weighted by molar-refractivity contribution is -0.143. The second-order valence-corrected chi connectivity index (χ2v) is 9.38. The molecule has 4 amide bonds. The lowest BCUT2D eigenvalue weighted by Gasteiger charge is -2.25. The molecule has 1 aromatic rings. The van der Waals surface area contributed by atoms with Gasteiger partial charge in [-0.05, 0) is 30.7 Å². The van der Waals surface area contributed by atoms with Crippen molar-refractivity contribution in [3.05, 3.63) is 35.9 Å². The average molecular weight is 536 g/mol. The average Bonchev–Trinajstić information content (AvgIpc) is 2.83. The Bertz CT molecular complexity index is 985. The van der Waals surface area contributed by atoms with Gasteiger partial charge in [0, 0.05) is 19.3 Å². The molecule has 1 aromatic carbocycles. The summed E-state index contributed by atoms with van der Waals surface area (Å²) < 4.78 is 0. The van der Waals surface area contributed by atoms with Crippen molar-refractivity contribution in [1.29, 1.82) is 0 Å². The third-order valence-electron chi connectivity index (χ3n) is 5.56. The minimum Gasteiger partial charge on any atom is -0.481 e. The van der Waals surface area contributed by atoms with Gasteiger partial charge in [0.2, 0.25) is 23.6 Å². The van der Waals surface area contributed by atoms with Gasteiger partial charge < -0.3 is 37.6 Å². The lowest BCUT2D eigenvalue weighted by atomic mass is 10.0. The van der Waals surface area contributed by atoms with Crippen LogP contribution in [-0.4, -0.2) is 69.9 Å². The van der Waals surface area contributed by atoms with E-state index in [9.17, 15) is 33.9 Å². The summed E-state index contributed by atoms with van der Waals surface area (Å²) >= 11 is 0. The van der Waals surface area contributed by atoms with Crippen molar-refractivity contribution in [2.45, 2.75) is 76.5 Å². The molecule has 9 N–H and O–H groups in total. The van der Waals surface area contributed by atoms with E-state index in [0.717, 1.165) is 0 Å². The Morgan fingerprint density at radius 3 is 1.87 bits per heavy atom. The van der Waals surface area contributed by atoms with Crippen molar-refractivity contribution in [2.75, 3.05) is 0 Å². The molecule has 13 nitrogen and oxygen atoms in total. The van der Waals surface area contributed by atoms with Crippen LogP contribution in [-0.2, 0) is 35.2 Å². The topological polar surface area (TPSA) is 231 Å². The maximum Gasteiger partial charge on any atom is 0.326 e. The third-order valence-corrected chi connectivity index (χ3v) is 5.56. The van der Waals surface area contributed by atoms with Gasteiger partial charge in [-0.2, -0.15) is 0 Å². The van der Waals surface area contributed by atoms with E-state index in [1.807, 2.05) is 0 Å². The molecule has 0 heterocycles. The molecule has 0 fully saturated rings. The molecule has 0 aliphatic heterocycles. The number of nitrogens with one attached hydrogen (secondary N) is 3. The number of amides is 4. The Labute approximate surface area is 220 Å². The summed E-state index contributed by atoms with van der Waals surface area (Å²) in [6, 6.07) is 3.72. The van der Waals surface area contributed by atoms with Gasteiger partial charge in [0.15, 0.2) is 0 Å². The first-order chi connectivity index (χ1) is 17.8. The Kier molecular flexibility index (Phi) is 13.5. The zero-order valence-electron chi connectivity index (χ0n) is 21.5. The van der Waals surface area contributed by atoms with Crippen LogP contribution in [0, 0.1) is 5.92 Å². The monoisotopic (exact) mass is 535 g/mol. The fourth-order valence-electron chi connectivity index (χ4n) is 3.54. The van der Waals surface area contributed by atoms with Gasteiger partial charge in [-0.15, -0.1) is 0 Å². The Balaban J connectivity index is 3.12. The number of nitrogens with two attached hydrogens (primary N) is 2. The number of carbonyl (C=O) groups excluding carboxylic acids is 4. The highest BCUT2D eigenvalue weighted by Gasteiger charge is 2.31. The van der Waals surface area contributed by atoms with Gasteiger partial charge in [0.05, 0.1) is 6.04 Å². The van der Waals surface area contributed by atoms with Crippen LogP contribution >= 0.6 is 0 Å². The molecule has 1 rings (SSSR count). The van der Waals surface area contributed by atoms with Crippen molar-refractivity contribution >= 4 is 35.6 Å². The molecule has 0 bridgehead atoms. The summed E-state index contributed by atoms with van der Waals surface area (Å²) in [4.78, 5) is 72.6. The van der Waals surface area contributed by atoms with Gasteiger partial charge >= 0.3 is 11.9 Å². The number of hydrogen-bond donors (Lipinski definition) is 7. The number of carbonyl (C=O) groups is 6. The van der Waals surface area contributed by atoms with Crippen LogP contribution in [0.15, 0.2) is 30.3 Å². The normalized spacial score (nSPS) is 14.0. The molecule has 0 aliphatic rings. The standard InChI is InChI=1S/C25H37N5O8/c1-14(2)12-19(25(37)38)30-23(35)17(9-10-20(27)31)28-24(36)18(13-15-6-4-3-5-7-15)29-22(34)16(26)8-11-21(32)33/h3-7,14,16-19H,8-13,26H2,1-2H3,(H2,27,31)(H,28,36)(H,29,34)(H,30,35)(H,32,33)(H,37,38). The Hall–Kier alpha value is -4.00. The number of carboxylic acid groups (broad SMARTS) is 2. The van der Waals surface area contributed by atoms with Crippen molar-refractivity contribution in [1.82, 2.24) is 16.0 Å². The first kappa shape index (κ1) is 32.0. The summed E-state index contributed by atoms with van der Waals surface area (Å²) in [6.45, 7) is 3.57. The lowest BCUT2D eigenvalue weighted by Crippen LogP contribution is -2.57. The Morgan fingerprint density at radius 2 is 1.34 bits per heavy atom. The minimum absolute atomic E-state index is 0.0132. The van der Waals surface area contributed by atoms with E-state index in [1.165, 1.54) is 0 Å². The van der Waals surface area contributed by atoms with E-state index in [0.29, 0.717) is 5.56 Å². The number of rotatable bonds is 17. The molecule has 0 saturated heterocycles. The van der Waals surface area contributed by atoms with E-state index in [1.54, 1.807) is 44.2 Å². The summed E-state index contributed by atoms with van der Waals surface area (Å²) in [5.41, 5.74) is 11.7. The zero-order chi connectivity index (χ0) is 28.8. The maximum absolute atomic E-state index is 13.3. The highest BCUT2D eigenvalue weighted by atomic mass is 16.4. The second kappa shape index (κ2) is 16.0. The van der Waals surface area contributed by atoms with Gasteiger partial charge in [-0.25, -0.2) is 4.79 Å². The molecule has 0 aromatic heterocycles. The van der Waals surface area contributed by atoms with Crippen molar-refractivity contribution in [3.63, 3.8) is 0 Å². The van der Waals surface area contributed by atoms with Crippen molar-refractivity contribution < 1.29 is 39.0 Å². The Morgan fingerprint density at radius 1 is 0.789 bits per heavy atom. The molecule has 0 radical (unpaired) electrons. The summed E-state index contributed by atoms with van der Waals surface area (Å²) in [7, 11) is 0. The van der Waals surface area contributed by atoms with Crippen LogP contribution in [0.3, 0.4) is 0 Å². The molecule has 0 aliphatic carbocycles. The quantitative estimate of drug-likeness (QED) is 0.133. The van der Waals surface area contributed by atoms with E-state index < -0.39 is 59.7 Å². The zero-order valence-corrected chi connectivity index (χ0v) is 21.5. The smallest absolute Gasteiger partial charge is 0.326 e. The highest BCUT2D eigenvalue weighted by molar-refractivity contribution is 5.94. The number of hydrogen-bond acceptors (Lipinski definition) is 7. The van der Waals surface area contributed by atoms with Crippen molar-refractivity contribution in [2.24, 2.45) is 17.4 Å². The fraction of sp³-hybridized carbons (Fsp3) is 0.520. The van der Waals surface area contributed by atoms with Gasteiger partial charge in [0.25, 0.3) is 0 Å². The van der Waals surface area contributed by atoms with E-state index in [2.05, 4.69) is 16.0 Å². The first-order valence-electron chi connectivity index (χ1n) is 12.2. The molecule has 38 heavy (non-hydrogen) atoms. The summed E-state index contributed by atoms with van der Waals surface area (Å²) in [6.07, 6.45) is -0.823. The van der Waals surface area contributed by atoms with Crippen LogP contribution in [0.25, 0.3) is 0 Å². The predicted octanol–water partition coefficient (Wildman–Crippen LogP) is -0.728. The summed E-state index contributed by atoms with van der Waals surface area (Å²) in [5.74, 6) is -5.53. The largest absolute Gasteiger partial charge is 0.481 e. The molecule has 13 heteroatoms. The SMILES string of the molecule is CC(C)CC(NC(=O)C(CCC(N)=O)NC(=O)C(Cc1ccccc1)NC(=O)C(N)CCC(=O)O)C(=O)O. The number of benzene rings is 1. The molecule has 0 saturated carbocycles. The molecular formula is C25H37N5O8. The number of primary amides is 1. The molecular weight excluding hydrogens is 498 g/mol. The van der Waals surface area contributed by atoms with E-state index in [-0.39, 0.29) is 44.4 Å². The number of aliphatic carboxylic acids is 2. The third kappa shape index (κ3) is 12.3. The fourth-order valence-corrected chi connectivity index (χ4v) is 3.54.